The summed E-state index contributed by atoms with van der Waals surface area (Å²) in [5.74, 6) is 1.88. The fourth-order valence-corrected chi connectivity index (χ4v) is 3.73. The van der Waals surface area contributed by atoms with Gasteiger partial charge in [0.2, 0.25) is 0 Å². The molecular weight excluding hydrogens is 368 g/mol. The van der Waals surface area contributed by atoms with Crippen LogP contribution in [0.2, 0.25) is 0 Å². The second kappa shape index (κ2) is 10.2. The molecule has 29 heavy (non-hydrogen) atoms. The van der Waals surface area contributed by atoms with Crippen LogP contribution in [0.4, 0.5) is 0 Å². The van der Waals surface area contributed by atoms with Crippen LogP contribution >= 0.6 is 0 Å². The highest BCUT2D eigenvalue weighted by Crippen LogP contribution is 2.31. The van der Waals surface area contributed by atoms with Gasteiger partial charge >= 0.3 is 0 Å². The number of methoxy groups -OCH3 is 2. The predicted molar refractivity (Wildman–Crippen MR) is 113 cm³/mol. The molecule has 0 radical (unpaired) electrons. The van der Waals surface area contributed by atoms with Gasteiger partial charge in [-0.3, -0.25) is 9.69 Å². The number of ether oxygens (including phenoxy) is 3. The molecule has 1 saturated heterocycles. The van der Waals surface area contributed by atoms with E-state index in [1.165, 1.54) is 12.8 Å². The van der Waals surface area contributed by atoms with E-state index in [1.807, 2.05) is 43.3 Å². The molecule has 1 aliphatic rings. The van der Waals surface area contributed by atoms with Crippen LogP contribution in [-0.2, 0) is 4.79 Å². The number of hydrogen-bond acceptors (Lipinski definition) is 5. The minimum absolute atomic E-state index is 0.0575. The number of carbonyl (C=O) groups is 1. The quantitative estimate of drug-likeness (QED) is 0.702. The van der Waals surface area contributed by atoms with Gasteiger partial charge in [0.05, 0.1) is 20.3 Å². The molecule has 1 fully saturated rings. The van der Waals surface area contributed by atoms with Crippen LogP contribution in [0.1, 0.15) is 30.0 Å². The molecule has 2 aromatic rings. The first-order chi connectivity index (χ1) is 14.1. The lowest BCUT2D eigenvalue weighted by Crippen LogP contribution is -2.38. The van der Waals surface area contributed by atoms with Crippen molar-refractivity contribution in [2.45, 2.75) is 25.8 Å². The van der Waals surface area contributed by atoms with Gasteiger partial charge in [-0.1, -0.05) is 24.3 Å². The maximum atomic E-state index is 12.5. The Kier molecular flexibility index (Phi) is 7.36. The zero-order chi connectivity index (χ0) is 20.6. The molecule has 6 nitrogen and oxygen atoms in total. The van der Waals surface area contributed by atoms with Crippen molar-refractivity contribution in [1.29, 1.82) is 0 Å². The van der Waals surface area contributed by atoms with E-state index in [1.54, 1.807) is 14.2 Å². The molecule has 0 bridgehead atoms. The summed E-state index contributed by atoms with van der Waals surface area (Å²) < 4.78 is 16.6. The van der Waals surface area contributed by atoms with Crippen LogP contribution in [0, 0.1) is 6.92 Å². The highest BCUT2D eigenvalue weighted by atomic mass is 16.5. The molecule has 1 heterocycles. The summed E-state index contributed by atoms with van der Waals surface area (Å²) in [5.41, 5.74) is 2.17. The third kappa shape index (κ3) is 5.41. The van der Waals surface area contributed by atoms with Crippen LogP contribution < -0.4 is 19.5 Å². The highest BCUT2D eigenvalue weighted by molar-refractivity contribution is 5.77. The number of aryl methyl sites for hydroxylation is 1. The number of hydrogen-bond donors (Lipinski definition) is 1. The van der Waals surface area contributed by atoms with Crippen molar-refractivity contribution in [3.05, 3.63) is 53.6 Å². The monoisotopic (exact) mass is 398 g/mol. The Balaban J connectivity index is 1.62. The number of benzene rings is 2. The van der Waals surface area contributed by atoms with Gasteiger partial charge in [-0.05, 0) is 56.6 Å². The summed E-state index contributed by atoms with van der Waals surface area (Å²) in [5, 5.41) is 3.03. The number of rotatable bonds is 9. The van der Waals surface area contributed by atoms with E-state index in [9.17, 15) is 4.79 Å². The first-order valence-corrected chi connectivity index (χ1v) is 10.0. The number of carbonyl (C=O) groups excluding carboxylic acids is 1. The predicted octanol–water partition coefficient (Wildman–Crippen LogP) is 3.34. The first kappa shape index (κ1) is 21.0. The Morgan fingerprint density at radius 3 is 2.48 bits per heavy atom. The minimum Gasteiger partial charge on any atom is -0.496 e. The third-order valence-corrected chi connectivity index (χ3v) is 5.25. The molecule has 0 aliphatic carbocycles. The summed E-state index contributed by atoms with van der Waals surface area (Å²) in [4.78, 5) is 14.9. The maximum absolute atomic E-state index is 12.5. The van der Waals surface area contributed by atoms with Gasteiger partial charge in [-0.2, -0.15) is 0 Å². The van der Waals surface area contributed by atoms with E-state index in [-0.39, 0.29) is 18.6 Å². The van der Waals surface area contributed by atoms with Crippen LogP contribution in [0.25, 0.3) is 0 Å². The summed E-state index contributed by atoms with van der Waals surface area (Å²) in [6.45, 7) is 4.48. The Hall–Kier alpha value is -2.73. The van der Waals surface area contributed by atoms with Gasteiger partial charge in [0.1, 0.15) is 5.75 Å². The molecule has 1 aliphatic heterocycles. The average molecular weight is 399 g/mol. The van der Waals surface area contributed by atoms with Gasteiger partial charge in [0.15, 0.2) is 18.1 Å². The summed E-state index contributed by atoms with van der Waals surface area (Å²) in [6.07, 6.45) is 2.35. The van der Waals surface area contributed by atoms with Crippen LogP contribution in [0.5, 0.6) is 17.2 Å². The highest BCUT2D eigenvalue weighted by Gasteiger charge is 2.26. The number of nitrogens with one attached hydrogen (secondary N) is 1. The largest absolute Gasteiger partial charge is 0.496 e. The summed E-state index contributed by atoms with van der Waals surface area (Å²) >= 11 is 0. The molecule has 0 spiro atoms. The topological polar surface area (TPSA) is 60.0 Å². The summed E-state index contributed by atoms with van der Waals surface area (Å²) in [7, 11) is 3.27. The molecule has 0 aromatic heterocycles. The molecular formula is C23H30N2O4. The number of para-hydroxylation sites is 1. The Bertz CT molecular complexity index is 818. The van der Waals surface area contributed by atoms with E-state index in [4.69, 9.17) is 14.2 Å². The SMILES string of the molecule is COc1cc(C)ccc1OCC(=O)NCC(c1ccccc1OC)N1CCCC1. The van der Waals surface area contributed by atoms with E-state index in [0.717, 1.165) is 30.0 Å². The van der Waals surface area contributed by atoms with Gasteiger partial charge in [0, 0.05) is 12.1 Å². The zero-order valence-corrected chi connectivity index (χ0v) is 17.4. The molecule has 2 aromatic carbocycles. The first-order valence-electron chi connectivity index (χ1n) is 10.0. The number of amides is 1. The Morgan fingerprint density at radius 1 is 1.03 bits per heavy atom. The van der Waals surface area contributed by atoms with Crippen molar-refractivity contribution in [2.24, 2.45) is 0 Å². The molecule has 0 saturated carbocycles. The fourth-order valence-electron chi connectivity index (χ4n) is 3.73. The average Bonchev–Trinajstić information content (AvgIpc) is 3.27. The standard InChI is InChI=1S/C23H30N2O4/c1-17-10-11-21(22(14-17)28-3)29-16-23(26)24-15-19(25-12-6-7-13-25)18-8-4-5-9-20(18)27-2/h4-5,8-11,14,19H,6-7,12-13,15-16H2,1-3H3,(H,24,26). The smallest absolute Gasteiger partial charge is 0.258 e. The Morgan fingerprint density at radius 2 is 1.76 bits per heavy atom. The number of nitrogens with zero attached hydrogens (tertiary/aromatic N) is 1. The fraction of sp³-hybridized carbons (Fsp3) is 0.435. The lowest BCUT2D eigenvalue weighted by molar-refractivity contribution is -0.123. The van der Waals surface area contributed by atoms with Crippen molar-refractivity contribution in [3.63, 3.8) is 0 Å². The summed E-state index contributed by atoms with van der Waals surface area (Å²) in [6, 6.07) is 13.7. The molecule has 6 heteroatoms. The van der Waals surface area contributed by atoms with Crippen molar-refractivity contribution in [3.8, 4) is 17.2 Å². The maximum Gasteiger partial charge on any atom is 0.258 e. The van der Waals surface area contributed by atoms with Gasteiger partial charge in [0.25, 0.3) is 5.91 Å². The molecule has 1 N–H and O–H groups in total. The molecule has 3 rings (SSSR count). The van der Waals surface area contributed by atoms with Crippen molar-refractivity contribution in [2.75, 3.05) is 40.5 Å². The molecule has 1 unspecified atom stereocenters. The van der Waals surface area contributed by atoms with Crippen molar-refractivity contribution < 1.29 is 19.0 Å². The third-order valence-electron chi connectivity index (χ3n) is 5.25. The van der Waals surface area contributed by atoms with E-state index < -0.39 is 0 Å². The second-order valence-corrected chi connectivity index (χ2v) is 7.25. The second-order valence-electron chi connectivity index (χ2n) is 7.25. The molecule has 1 amide bonds. The lowest BCUT2D eigenvalue weighted by Gasteiger charge is -2.29. The Labute approximate surface area is 172 Å². The van der Waals surface area contributed by atoms with Crippen molar-refractivity contribution >= 4 is 5.91 Å². The zero-order valence-electron chi connectivity index (χ0n) is 17.4. The molecule has 156 valence electrons. The van der Waals surface area contributed by atoms with E-state index >= 15 is 0 Å². The van der Waals surface area contributed by atoms with Gasteiger partial charge in [-0.15, -0.1) is 0 Å². The molecule has 1 atom stereocenters. The van der Waals surface area contributed by atoms with Crippen LogP contribution in [0.15, 0.2) is 42.5 Å². The lowest BCUT2D eigenvalue weighted by atomic mass is 10.0. The normalized spacial score (nSPS) is 15.0. The minimum atomic E-state index is -0.160. The van der Waals surface area contributed by atoms with Gasteiger partial charge in [-0.25, -0.2) is 0 Å². The van der Waals surface area contributed by atoms with Crippen LogP contribution in [0.3, 0.4) is 0 Å². The van der Waals surface area contributed by atoms with Gasteiger partial charge < -0.3 is 19.5 Å². The van der Waals surface area contributed by atoms with Crippen molar-refractivity contribution in [1.82, 2.24) is 10.2 Å². The van der Waals surface area contributed by atoms with E-state index in [0.29, 0.717) is 18.0 Å². The van der Waals surface area contributed by atoms with E-state index in [2.05, 4.69) is 16.3 Å². The van der Waals surface area contributed by atoms with Crippen LogP contribution in [-0.4, -0.2) is 51.3 Å². The number of likely N-dealkylation sites (tertiary alicyclic amines) is 1.